The third-order valence-electron chi connectivity index (χ3n) is 4.47. The quantitative estimate of drug-likeness (QED) is 0.628. The van der Waals surface area contributed by atoms with Crippen LogP contribution < -0.4 is 0 Å². The van der Waals surface area contributed by atoms with Gasteiger partial charge in [-0.05, 0) is 58.9 Å². The van der Waals surface area contributed by atoms with Crippen LogP contribution in [0, 0.1) is 13.8 Å². The van der Waals surface area contributed by atoms with E-state index >= 15 is 0 Å². The predicted molar refractivity (Wildman–Crippen MR) is 114 cm³/mol. The Labute approximate surface area is 177 Å². The molecule has 0 heterocycles. The zero-order valence-electron chi connectivity index (χ0n) is 18.2. The Morgan fingerprint density at radius 2 is 1.20 bits per heavy atom. The van der Waals surface area contributed by atoms with E-state index in [1.54, 1.807) is 45.0 Å². The smallest absolute Gasteiger partial charge is 0.338 e. The maximum Gasteiger partial charge on any atom is 0.338 e. The molecule has 6 heteroatoms. The van der Waals surface area contributed by atoms with E-state index in [1.165, 1.54) is 0 Å². The van der Waals surface area contributed by atoms with Crippen molar-refractivity contribution in [1.82, 2.24) is 0 Å². The summed E-state index contributed by atoms with van der Waals surface area (Å²) in [5.41, 5.74) is 0.812. The second kappa shape index (κ2) is 9.87. The molecule has 2 aromatic rings. The van der Waals surface area contributed by atoms with Crippen molar-refractivity contribution < 1.29 is 28.9 Å². The Balaban J connectivity index is 1.89. The molecule has 0 aromatic heterocycles. The van der Waals surface area contributed by atoms with E-state index in [1.807, 2.05) is 38.1 Å². The molecule has 30 heavy (non-hydrogen) atoms. The molecule has 0 amide bonds. The maximum atomic E-state index is 12.4. The standard InChI is InChI=1S/C24H30O6/c1-17-6-10-19(11-7-17)21(26)29-23(3,4)15-28-16-24(5,14-25)30-22(27)20-12-8-18(2)9-13-20/h6-13,25H,14-16H2,1-5H3. The second-order valence-corrected chi connectivity index (χ2v) is 8.37. The number of carbonyl (C=O) groups excluding carboxylic acids is 2. The Morgan fingerprint density at radius 1 is 0.767 bits per heavy atom. The Hall–Kier alpha value is -2.70. The molecule has 1 N–H and O–H groups in total. The first-order chi connectivity index (χ1) is 14.0. The molecule has 162 valence electrons. The molecule has 0 aliphatic carbocycles. The van der Waals surface area contributed by atoms with Gasteiger partial charge in [0.05, 0.1) is 30.9 Å². The number of benzene rings is 2. The number of hydrogen-bond acceptors (Lipinski definition) is 6. The molecule has 0 aliphatic rings. The summed E-state index contributed by atoms with van der Waals surface area (Å²) in [4.78, 5) is 24.7. The van der Waals surface area contributed by atoms with Crippen molar-refractivity contribution in [2.24, 2.45) is 0 Å². The van der Waals surface area contributed by atoms with Gasteiger partial charge >= 0.3 is 11.9 Å². The fourth-order valence-electron chi connectivity index (χ4n) is 2.62. The van der Waals surface area contributed by atoms with Crippen molar-refractivity contribution >= 4 is 11.9 Å². The Kier molecular flexibility index (Phi) is 7.76. The number of aliphatic hydroxyl groups excluding tert-OH is 1. The van der Waals surface area contributed by atoms with E-state index < -0.39 is 29.7 Å². The molecule has 2 aromatic carbocycles. The number of aryl methyl sites for hydroxylation is 2. The van der Waals surface area contributed by atoms with Crippen LogP contribution in [0.1, 0.15) is 52.6 Å². The maximum absolute atomic E-state index is 12.4. The fourth-order valence-corrected chi connectivity index (χ4v) is 2.62. The summed E-state index contributed by atoms with van der Waals surface area (Å²) in [5, 5.41) is 9.73. The molecule has 6 nitrogen and oxygen atoms in total. The lowest BCUT2D eigenvalue weighted by atomic mass is 10.1. The van der Waals surface area contributed by atoms with Gasteiger partial charge in [-0.25, -0.2) is 9.59 Å². The fraction of sp³-hybridized carbons (Fsp3) is 0.417. The number of carbonyl (C=O) groups is 2. The molecule has 0 saturated carbocycles. The van der Waals surface area contributed by atoms with Gasteiger partial charge in [0.25, 0.3) is 0 Å². The van der Waals surface area contributed by atoms with E-state index in [4.69, 9.17) is 14.2 Å². The van der Waals surface area contributed by atoms with Gasteiger partial charge in [-0.2, -0.15) is 0 Å². The minimum absolute atomic E-state index is 0.0490. The van der Waals surface area contributed by atoms with Gasteiger partial charge in [-0.1, -0.05) is 35.4 Å². The number of ether oxygens (including phenoxy) is 3. The molecular weight excluding hydrogens is 384 g/mol. The van der Waals surface area contributed by atoms with Crippen molar-refractivity contribution in [3.05, 3.63) is 70.8 Å². The third-order valence-corrected chi connectivity index (χ3v) is 4.47. The summed E-state index contributed by atoms with van der Waals surface area (Å²) in [6.45, 7) is 8.53. The van der Waals surface area contributed by atoms with Gasteiger partial charge in [0.1, 0.15) is 5.60 Å². The lowest BCUT2D eigenvalue weighted by molar-refractivity contribution is -0.107. The average molecular weight is 414 g/mol. The van der Waals surface area contributed by atoms with Crippen molar-refractivity contribution in [3.8, 4) is 0 Å². The monoisotopic (exact) mass is 414 g/mol. The molecule has 0 radical (unpaired) electrons. The number of hydrogen-bond donors (Lipinski definition) is 1. The normalized spacial score (nSPS) is 13.4. The van der Waals surface area contributed by atoms with Gasteiger partial charge < -0.3 is 19.3 Å². The van der Waals surface area contributed by atoms with Crippen LogP contribution in [0.5, 0.6) is 0 Å². The van der Waals surface area contributed by atoms with Crippen LogP contribution in [0.25, 0.3) is 0 Å². The Bertz CT molecular complexity index is 854. The molecule has 1 atom stereocenters. The summed E-state index contributed by atoms with van der Waals surface area (Å²) >= 11 is 0. The van der Waals surface area contributed by atoms with Gasteiger partial charge in [-0.15, -0.1) is 0 Å². The van der Waals surface area contributed by atoms with Crippen LogP contribution in [0.15, 0.2) is 48.5 Å². The summed E-state index contributed by atoms with van der Waals surface area (Å²) in [7, 11) is 0. The largest absolute Gasteiger partial charge is 0.454 e. The SMILES string of the molecule is Cc1ccc(C(=O)OC(C)(C)COCC(C)(CO)OC(=O)c2ccc(C)cc2)cc1. The predicted octanol–water partition coefficient (Wildman–Crippen LogP) is 3.86. The van der Waals surface area contributed by atoms with Crippen LogP contribution >= 0.6 is 0 Å². The van der Waals surface area contributed by atoms with Crippen molar-refractivity contribution in [2.75, 3.05) is 19.8 Å². The third kappa shape index (κ3) is 6.97. The van der Waals surface area contributed by atoms with Gasteiger partial charge in [0, 0.05) is 0 Å². The van der Waals surface area contributed by atoms with Gasteiger partial charge in [0.2, 0.25) is 0 Å². The minimum atomic E-state index is -1.22. The molecule has 0 saturated heterocycles. The van der Waals surface area contributed by atoms with E-state index in [0.717, 1.165) is 11.1 Å². The van der Waals surface area contributed by atoms with Crippen LogP contribution in [0.2, 0.25) is 0 Å². The molecule has 0 bridgehead atoms. The highest BCUT2D eigenvalue weighted by atomic mass is 16.6. The molecule has 0 fully saturated rings. The highest BCUT2D eigenvalue weighted by Gasteiger charge is 2.31. The highest BCUT2D eigenvalue weighted by molar-refractivity contribution is 5.90. The summed E-state index contributed by atoms with van der Waals surface area (Å²) in [6, 6.07) is 14.1. The first-order valence-corrected chi connectivity index (χ1v) is 9.82. The molecular formula is C24H30O6. The van der Waals surface area contributed by atoms with E-state index in [-0.39, 0.29) is 13.2 Å². The van der Waals surface area contributed by atoms with Crippen molar-refractivity contribution in [3.63, 3.8) is 0 Å². The molecule has 0 spiro atoms. The number of rotatable bonds is 9. The van der Waals surface area contributed by atoms with E-state index in [2.05, 4.69) is 0 Å². The zero-order chi connectivity index (χ0) is 22.4. The Morgan fingerprint density at radius 3 is 1.63 bits per heavy atom. The zero-order valence-corrected chi connectivity index (χ0v) is 18.2. The van der Waals surface area contributed by atoms with E-state index in [0.29, 0.717) is 11.1 Å². The van der Waals surface area contributed by atoms with Crippen LogP contribution in [-0.2, 0) is 14.2 Å². The summed E-state index contributed by atoms with van der Waals surface area (Å²) in [6.07, 6.45) is 0. The summed E-state index contributed by atoms with van der Waals surface area (Å²) in [5.74, 6) is -0.987. The van der Waals surface area contributed by atoms with Crippen LogP contribution in [-0.4, -0.2) is 48.1 Å². The van der Waals surface area contributed by atoms with Crippen LogP contribution in [0.4, 0.5) is 0 Å². The minimum Gasteiger partial charge on any atom is -0.454 e. The lowest BCUT2D eigenvalue weighted by Crippen LogP contribution is -2.43. The summed E-state index contributed by atoms with van der Waals surface area (Å²) < 4.78 is 16.7. The van der Waals surface area contributed by atoms with Crippen molar-refractivity contribution in [2.45, 2.75) is 45.8 Å². The molecule has 2 rings (SSSR count). The number of aliphatic hydroxyl groups is 1. The average Bonchev–Trinajstić information content (AvgIpc) is 2.68. The van der Waals surface area contributed by atoms with E-state index in [9.17, 15) is 14.7 Å². The van der Waals surface area contributed by atoms with Gasteiger partial charge in [0.15, 0.2) is 5.60 Å². The number of esters is 2. The van der Waals surface area contributed by atoms with Gasteiger partial charge in [-0.3, -0.25) is 0 Å². The molecule has 0 aliphatic heterocycles. The second-order valence-electron chi connectivity index (χ2n) is 8.37. The first kappa shape index (κ1) is 23.6. The molecule has 1 unspecified atom stereocenters. The highest BCUT2D eigenvalue weighted by Crippen LogP contribution is 2.18. The topological polar surface area (TPSA) is 82.1 Å². The first-order valence-electron chi connectivity index (χ1n) is 9.82. The van der Waals surface area contributed by atoms with Crippen LogP contribution in [0.3, 0.4) is 0 Å². The lowest BCUT2D eigenvalue weighted by Gasteiger charge is -2.30. The van der Waals surface area contributed by atoms with Crippen molar-refractivity contribution in [1.29, 1.82) is 0 Å².